The third kappa shape index (κ3) is 10.5. The van der Waals surface area contributed by atoms with E-state index in [0.717, 1.165) is 0 Å². The summed E-state index contributed by atoms with van der Waals surface area (Å²) in [6, 6.07) is 0. The van der Waals surface area contributed by atoms with Crippen LogP contribution in [0.4, 0.5) is 0 Å². The maximum atomic E-state index is 5.41. The summed E-state index contributed by atoms with van der Waals surface area (Å²) >= 11 is 10.8. The molecule has 0 bridgehead atoms. The minimum absolute atomic E-state index is 0.172. The van der Waals surface area contributed by atoms with E-state index >= 15 is 0 Å². The molecule has 0 rings (SSSR count). The van der Waals surface area contributed by atoms with Gasteiger partial charge in [-0.25, -0.2) is 0 Å². The topological polar surface area (TPSA) is 18.5 Å². The molecule has 0 atom stereocenters. The van der Waals surface area contributed by atoms with Crippen LogP contribution in [0.15, 0.2) is 0 Å². The molecule has 0 saturated carbocycles. The average molecular weight is 201 g/mol. The van der Waals surface area contributed by atoms with Gasteiger partial charge in [-0.15, -0.1) is 23.2 Å². The van der Waals surface area contributed by atoms with Crippen molar-refractivity contribution in [1.82, 2.24) is 0 Å². The molecule has 0 aromatic carbocycles. The lowest BCUT2D eigenvalue weighted by Gasteiger charge is -2.19. The lowest BCUT2D eigenvalue weighted by atomic mass is 10.2. The SMILES string of the molecule is CC(C)(C)OCOCC(Cl)Cl. The first-order valence-corrected chi connectivity index (χ1v) is 4.29. The van der Waals surface area contributed by atoms with Crippen molar-refractivity contribution in [3.63, 3.8) is 0 Å². The van der Waals surface area contributed by atoms with E-state index in [4.69, 9.17) is 32.7 Å². The molecule has 0 amide bonds. The van der Waals surface area contributed by atoms with E-state index in [1.54, 1.807) is 0 Å². The standard InChI is InChI=1S/C7H14Cl2O2/c1-7(2,3)11-5-10-4-6(8)9/h6H,4-5H2,1-3H3. The summed E-state index contributed by atoms with van der Waals surface area (Å²) in [4.78, 5) is -0.474. The highest BCUT2D eigenvalue weighted by atomic mass is 35.5. The summed E-state index contributed by atoms with van der Waals surface area (Å²) in [5.74, 6) is 0. The second-order valence-electron chi connectivity index (χ2n) is 3.14. The Morgan fingerprint density at radius 1 is 1.27 bits per heavy atom. The first-order chi connectivity index (χ1) is 4.92. The molecule has 0 aliphatic heterocycles. The molecule has 0 heterocycles. The van der Waals surface area contributed by atoms with Gasteiger partial charge >= 0.3 is 0 Å². The molecular weight excluding hydrogens is 187 g/mol. The summed E-state index contributed by atoms with van der Waals surface area (Å²) in [6.45, 7) is 6.40. The second-order valence-corrected chi connectivity index (χ2v) is 4.41. The summed E-state index contributed by atoms with van der Waals surface area (Å²) in [5, 5.41) is 0. The third-order valence-corrected chi connectivity index (χ3v) is 1.07. The van der Waals surface area contributed by atoms with Crippen molar-refractivity contribution in [2.75, 3.05) is 13.4 Å². The van der Waals surface area contributed by atoms with E-state index in [1.807, 2.05) is 20.8 Å². The van der Waals surface area contributed by atoms with Crippen LogP contribution in [0.3, 0.4) is 0 Å². The van der Waals surface area contributed by atoms with Crippen molar-refractivity contribution >= 4 is 23.2 Å². The highest BCUT2D eigenvalue weighted by Crippen LogP contribution is 2.07. The highest BCUT2D eigenvalue weighted by Gasteiger charge is 2.09. The van der Waals surface area contributed by atoms with Gasteiger partial charge in [0, 0.05) is 0 Å². The molecule has 11 heavy (non-hydrogen) atoms. The van der Waals surface area contributed by atoms with E-state index in [1.165, 1.54) is 0 Å². The minimum Gasteiger partial charge on any atom is -0.353 e. The van der Waals surface area contributed by atoms with Crippen LogP contribution in [-0.2, 0) is 9.47 Å². The van der Waals surface area contributed by atoms with Gasteiger partial charge in [0.15, 0.2) is 0 Å². The molecular formula is C7H14Cl2O2. The summed E-state index contributed by atoms with van der Waals surface area (Å²) < 4.78 is 10.2. The van der Waals surface area contributed by atoms with Gasteiger partial charge in [-0.3, -0.25) is 0 Å². The van der Waals surface area contributed by atoms with Gasteiger partial charge in [0.1, 0.15) is 11.6 Å². The Bertz CT molecular complexity index is 99.1. The molecule has 0 fully saturated rings. The maximum absolute atomic E-state index is 5.41. The lowest BCUT2D eigenvalue weighted by molar-refractivity contribution is -0.117. The number of hydrogen-bond acceptors (Lipinski definition) is 2. The zero-order valence-corrected chi connectivity index (χ0v) is 8.58. The number of halogens is 2. The number of rotatable bonds is 4. The summed E-state index contributed by atoms with van der Waals surface area (Å²) in [6.07, 6.45) is 0. The van der Waals surface area contributed by atoms with Crippen LogP contribution in [0.25, 0.3) is 0 Å². The fourth-order valence-corrected chi connectivity index (χ4v) is 0.534. The molecule has 0 unspecified atom stereocenters. The largest absolute Gasteiger partial charge is 0.353 e. The fourth-order valence-electron chi connectivity index (χ4n) is 0.356. The van der Waals surface area contributed by atoms with E-state index in [0.29, 0.717) is 6.61 Å². The Kier molecular flexibility index (Phi) is 5.44. The molecule has 0 aliphatic rings. The lowest BCUT2D eigenvalue weighted by Crippen LogP contribution is -2.21. The summed E-state index contributed by atoms with van der Waals surface area (Å²) in [5.41, 5.74) is -0.172. The molecule has 0 aromatic heterocycles. The highest BCUT2D eigenvalue weighted by molar-refractivity contribution is 6.44. The van der Waals surface area contributed by atoms with Gasteiger partial charge in [0.05, 0.1) is 12.2 Å². The van der Waals surface area contributed by atoms with Crippen LogP contribution in [-0.4, -0.2) is 23.8 Å². The molecule has 68 valence electrons. The van der Waals surface area contributed by atoms with Gasteiger partial charge in [-0.05, 0) is 20.8 Å². The Morgan fingerprint density at radius 3 is 2.18 bits per heavy atom. The van der Waals surface area contributed by atoms with Crippen LogP contribution in [0.1, 0.15) is 20.8 Å². The first kappa shape index (κ1) is 11.5. The Morgan fingerprint density at radius 2 is 1.82 bits per heavy atom. The molecule has 0 spiro atoms. The van der Waals surface area contributed by atoms with Crippen molar-refractivity contribution in [2.45, 2.75) is 31.2 Å². The molecule has 0 N–H and O–H groups in total. The fraction of sp³-hybridized carbons (Fsp3) is 1.00. The smallest absolute Gasteiger partial charge is 0.147 e. The van der Waals surface area contributed by atoms with E-state index in [-0.39, 0.29) is 12.4 Å². The van der Waals surface area contributed by atoms with Gasteiger partial charge in [-0.2, -0.15) is 0 Å². The first-order valence-electron chi connectivity index (χ1n) is 3.41. The third-order valence-electron chi connectivity index (χ3n) is 0.819. The van der Waals surface area contributed by atoms with Crippen LogP contribution < -0.4 is 0 Å². The predicted molar refractivity (Wildman–Crippen MR) is 47.2 cm³/mol. The second kappa shape index (κ2) is 5.20. The van der Waals surface area contributed by atoms with Crippen LogP contribution >= 0.6 is 23.2 Å². The van der Waals surface area contributed by atoms with Crippen LogP contribution in [0, 0.1) is 0 Å². The predicted octanol–water partition coefficient (Wildman–Crippen LogP) is 2.58. The van der Waals surface area contributed by atoms with Gasteiger partial charge in [-0.1, -0.05) is 0 Å². The molecule has 2 nitrogen and oxygen atoms in total. The van der Waals surface area contributed by atoms with E-state index in [9.17, 15) is 0 Å². The molecule has 0 saturated heterocycles. The maximum Gasteiger partial charge on any atom is 0.147 e. The monoisotopic (exact) mass is 200 g/mol. The van der Waals surface area contributed by atoms with Gasteiger partial charge in [0.2, 0.25) is 0 Å². The molecule has 0 aromatic rings. The van der Waals surface area contributed by atoms with Crippen LogP contribution in [0.5, 0.6) is 0 Å². The summed E-state index contributed by atoms with van der Waals surface area (Å²) in [7, 11) is 0. The molecule has 4 heteroatoms. The zero-order valence-electron chi connectivity index (χ0n) is 7.06. The quantitative estimate of drug-likeness (QED) is 0.395. The van der Waals surface area contributed by atoms with Crippen molar-refractivity contribution in [3.05, 3.63) is 0 Å². The average Bonchev–Trinajstić information content (AvgIpc) is 1.78. The minimum atomic E-state index is -0.474. The number of alkyl halides is 2. The Labute approximate surface area is 77.8 Å². The Balaban J connectivity index is 3.15. The van der Waals surface area contributed by atoms with E-state index in [2.05, 4.69) is 0 Å². The zero-order chi connectivity index (χ0) is 8.91. The number of hydrogen-bond donors (Lipinski definition) is 0. The van der Waals surface area contributed by atoms with Crippen molar-refractivity contribution in [3.8, 4) is 0 Å². The van der Waals surface area contributed by atoms with Gasteiger partial charge < -0.3 is 9.47 Å². The van der Waals surface area contributed by atoms with Crippen molar-refractivity contribution in [1.29, 1.82) is 0 Å². The molecule has 0 aliphatic carbocycles. The Hall–Kier alpha value is 0.500. The van der Waals surface area contributed by atoms with Gasteiger partial charge in [0.25, 0.3) is 0 Å². The normalized spacial score (nSPS) is 12.5. The number of ether oxygens (including phenoxy) is 2. The van der Waals surface area contributed by atoms with Crippen LogP contribution in [0.2, 0.25) is 0 Å². The van der Waals surface area contributed by atoms with E-state index < -0.39 is 4.84 Å². The van der Waals surface area contributed by atoms with Crippen molar-refractivity contribution in [2.24, 2.45) is 0 Å². The molecule has 0 radical (unpaired) electrons. The van der Waals surface area contributed by atoms with Crippen molar-refractivity contribution < 1.29 is 9.47 Å².